The zero-order valence-corrected chi connectivity index (χ0v) is 22.5. The summed E-state index contributed by atoms with van der Waals surface area (Å²) in [6, 6.07) is 11.8. The molecule has 2 heterocycles. The quantitative estimate of drug-likeness (QED) is 0.389. The number of halogens is 2. The molecule has 1 aliphatic heterocycles. The number of rotatable bonds is 4. The summed E-state index contributed by atoms with van der Waals surface area (Å²) in [6.07, 6.45) is 1.85. The van der Waals surface area contributed by atoms with Crippen LogP contribution in [-0.2, 0) is 4.74 Å². The molecule has 9 heteroatoms. The van der Waals surface area contributed by atoms with Gasteiger partial charge in [0.15, 0.2) is 0 Å². The highest BCUT2D eigenvalue weighted by atomic mass is 79.9. The first-order chi connectivity index (χ1) is 16.7. The van der Waals surface area contributed by atoms with Crippen molar-refractivity contribution in [2.75, 3.05) is 41.3 Å². The zero-order chi connectivity index (χ0) is 24.7. The molecule has 0 bridgehead atoms. The molecular formula is C26H29BrClN5O2. The molecule has 7 nitrogen and oxygen atoms in total. The minimum atomic E-state index is -0.558. The van der Waals surface area contributed by atoms with E-state index in [1.165, 1.54) is 12.8 Å². The standard InChI is InChI=1S/C26H29BrClN5O2/c1-26(2,3)35-25(34)29-18-7-9-22(20(28)15-18)32-10-12-33(13-11-32)24-19-14-17(27)6-8-21(19)30-23(31-24)16-4-5-16/h6-9,14-16H,4-5,10-13H2,1-3H3,(H,29,34). The van der Waals surface area contributed by atoms with Crippen LogP contribution in [0.4, 0.5) is 22.0 Å². The Bertz CT molecular complexity index is 1270. The highest BCUT2D eigenvalue weighted by Gasteiger charge is 2.29. The van der Waals surface area contributed by atoms with Crippen LogP contribution in [0.2, 0.25) is 5.02 Å². The van der Waals surface area contributed by atoms with E-state index in [-0.39, 0.29) is 0 Å². The van der Waals surface area contributed by atoms with Gasteiger partial charge in [-0.2, -0.15) is 0 Å². The van der Waals surface area contributed by atoms with Gasteiger partial charge in [0, 0.05) is 47.6 Å². The summed E-state index contributed by atoms with van der Waals surface area (Å²) in [5.74, 6) is 2.48. The van der Waals surface area contributed by atoms with Crippen molar-refractivity contribution in [3.05, 3.63) is 51.7 Å². The lowest BCUT2D eigenvalue weighted by molar-refractivity contribution is 0.0636. The van der Waals surface area contributed by atoms with E-state index >= 15 is 0 Å². The first-order valence-electron chi connectivity index (χ1n) is 11.9. The van der Waals surface area contributed by atoms with Crippen LogP contribution in [-0.4, -0.2) is 47.8 Å². The lowest BCUT2D eigenvalue weighted by Gasteiger charge is -2.37. The summed E-state index contributed by atoms with van der Waals surface area (Å²) in [7, 11) is 0. The van der Waals surface area contributed by atoms with E-state index in [4.69, 9.17) is 26.3 Å². The number of amides is 1. The van der Waals surface area contributed by atoms with Gasteiger partial charge in [-0.05, 0) is 70.0 Å². The molecule has 3 aromatic rings. The smallest absolute Gasteiger partial charge is 0.412 e. The monoisotopic (exact) mass is 557 g/mol. The normalized spacial score (nSPS) is 16.5. The molecule has 1 aromatic heterocycles. The van der Waals surface area contributed by atoms with Gasteiger partial charge in [-0.15, -0.1) is 0 Å². The number of anilines is 3. The Hall–Kier alpha value is -2.58. The maximum absolute atomic E-state index is 12.1. The fourth-order valence-corrected chi connectivity index (χ4v) is 4.95. The summed E-state index contributed by atoms with van der Waals surface area (Å²) >= 11 is 10.2. The van der Waals surface area contributed by atoms with Crippen molar-refractivity contribution in [3.8, 4) is 0 Å². The molecule has 5 rings (SSSR count). The first kappa shape index (κ1) is 24.1. The van der Waals surface area contributed by atoms with Crippen LogP contribution in [0.1, 0.15) is 45.4 Å². The zero-order valence-electron chi connectivity index (χ0n) is 20.1. The Labute approximate surface area is 218 Å². The van der Waals surface area contributed by atoms with Crippen molar-refractivity contribution in [2.24, 2.45) is 0 Å². The van der Waals surface area contributed by atoms with Crippen molar-refractivity contribution in [3.63, 3.8) is 0 Å². The number of nitrogens with zero attached hydrogens (tertiary/aromatic N) is 4. The maximum atomic E-state index is 12.1. The van der Waals surface area contributed by atoms with Gasteiger partial charge < -0.3 is 14.5 Å². The summed E-state index contributed by atoms with van der Waals surface area (Å²) < 4.78 is 6.35. The maximum Gasteiger partial charge on any atom is 0.412 e. The molecule has 2 aliphatic rings. The van der Waals surface area contributed by atoms with Gasteiger partial charge in [0.2, 0.25) is 0 Å². The number of ether oxygens (including phenoxy) is 1. The topological polar surface area (TPSA) is 70.6 Å². The molecule has 0 spiro atoms. The van der Waals surface area contributed by atoms with Crippen LogP contribution in [0.15, 0.2) is 40.9 Å². The molecule has 1 amide bonds. The second kappa shape index (κ2) is 9.47. The predicted molar refractivity (Wildman–Crippen MR) is 145 cm³/mol. The predicted octanol–water partition coefficient (Wildman–Crippen LogP) is 6.60. The van der Waals surface area contributed by atoms with E-state index in [0.29, 0.717) is 16.6 Å². The van der Waals surface area contributed by atoms with Crippen molar-refractivity contribution in [1.82, 2.24) is 9.97 Å². The number of nitrogens with one attached hydrogen (secondary N) is 1. The number of carbonyl (C=O) groups is 1. The van der Waals surface area contributed by atoms with E-state index in [9.17, 15) is 4.79 Å². The highest BCUT2D eigenvalue weighted by molar-refractivity contribution is 9.10. The average molecular weight is 559 g/mol. The SMILES string of the molecule is CC(C)(C)OC(=O)Nc1ccc(N2CCN(c3nc(C4CC4)nc4ccc(Br)cc34)CC2)c(Cl)c1. The molecule has 35 heavy (non-hydrogen) atoms. The van der Waals surface area contributed by atoms with Gasteiger partial charge >= 0.3 is 6.09 Å². The fourth-order valence-electron chi connectivity index (χ4n) is 4.29. The Morgan fingerprint density at radius 2 is 1.77 bits per heavy atom. The largest absolute Gasteiger partial charge is 0.444 e. The Kier molecular flexibility index (Phi) is 6.53. The molecule has 2 aromatic carbocycles. The molecule has 1 aliphatic carbocycles. The third-order valence-electron chi connectivity index (χ3n) is 6.11. The first-order valence-corrected chi connectivity index (χ1v) is 13.1. The molecule has 2 fully saturated rings. The van der Waals surface area contributed by atoms with Crippen molar-refractivity contribution in [2.45, 2.75) is 45.1 Å². The molecule has 1 saturated heterocycles. The molecule has 0 unspecified atom stereocenters. The van der Waals surface area contributed by atoms with Crippen molar-refractivity contribution in [1.29, 1.82) is 0 Å². The van der Waals surface area contributed by atoms with Gasteiger partial charge in [-0.25, -0.2) is 14.8 Å². The number of carbonyl (C=O) groups excluding carboxylic acids is 1. The van der Waals surface area contributed by atoms with Crippen LogP contribution in [0.25, 0.3) is 10.9 Å². The van der Waals surface area contributed by atoms with Crippen LogP contribution in [0.3, 0.4) is 0 Å². The third-order valence-corrected chi connectivity index (χ3v) is 6.91. The molecule has 184 valence electrons. The van der Waals surface area contributed by atoms with E-state index in [1.807, 2.05) is 39.0 Å². The number of hydrogen-bond donors (Lipinski definition) is 1. The lowest BCUT2D eigenvalue weighted by Crippen LogP contribution is -2.47. The molecule has 0 radical (unpaired) electrons. The van der Waals surface area contributed by atoms with E-state index in [1.54, 1.807) is 6.07 Å². The number of benzene rings is 2. The van der Waals surface area contributed by atoms with E-state index < -0.39 is 11.7 Å². The summed E-state index contributed by atoms with van der Waals surface area (Å²) in [4.78, 5) is 26.5. The van der Waals surface area contributed by atoms with Crippen LogP contribution in [0, 0.1) is 0 Å². The van der Waals surface area contributed by atoms with E-state index in [2.05, 4.69) is 43.2 Å². The van der Waals surface area contributed by atoms with Crippen molar-refractivity contribution >= 4 is 61.7 Å². The second-order valence-corrected chi connectivity index (χ2v) is 11.4. The number of hydrogen-bond acceptors (Lipinski definition) is 6. The number of piperazine rings is 1. The summed E-state index contributed by atoms with van der Waals surface area (Å²) in [5.41, 5.74) is 2.00. The van der Waals surface area contributed by atoms with Gasteiger partial charge in [0.25, 0.3) is 0 Å². The molecule has 1 saturated carbocycles. The van der Waals surface area contributed by atoms with Gasteiger partial charge in [0.1, 0.15) is 17.2 Å². The van der Waals surface area contributed by atoms with Crippen LogP contribution >= 0.6 is 27.5 Å². The minimum absolute atomic E-state index is 0.495. The second-order valence-electron chi connectivity index (χ2n) is 10.1. The fraction of sp³-hybridized carbons (Fsp3) is 0.423. The number of fused-ring (bicyclic) bond motifs is 1. The minimum Gasteiger partial charge on any atom is -0.444 e. The molecule has 0 atom stereocenters. The highest BCUT2D eigenvalue weighted by Crippen LogP contribution is 2.40. The average Bonchev–Trinajstić information content (AvgIpc) is 3.63. The van der Waals surface area contributed by atoms with Crippen LogP contribution < -0.4 is 15.1 Å². The molecule has 1 N–H and O–H groups in total. The Morgan fingerprint density at radius 1 is 1.06 bits per heavy atom. The Balaban J connectivity index is 1.30. The third kappa shape index (κ3) is 5.64. The van der Waals surface area contributed by atoms with Gasteiger partial charge in [-0.3, -0.25) is 5.32 Å². The summed E-state index contributed by atoms with van der Waals surface area (Å²) in [6.45, 7) is 8.79. The van der Waals surface area contributed by atoms with Crippen molar-refractivity contribution < 1.29 is 9.53 Å². The Morgan fingerprint density at radius 3 is 2.43 bits per heavy atom. The summed E-state index contributed by atoms with van der Waals surface area (Å²) in [5, 5.41) is 4.42. The lowest BCUT2D eigenvalue weighted by atomic mass is 10.2. The number of aromatic nitrogens is 2. The van der Waals surface area contributed by atoms with Crippen LogP contribution in [0.5, 0.6) is 0 Å². The van der Waals surface area contributed by atoms with Gasteiger partial charge in [-0.1, -0.05) is 27.5 Å². The van der Waals surface area contributed by atoms with Gasteiger partial charge in [0.05, 0.1) is 16.2 Å². The molecular weight excluding hydrogens is 530 g/mol. The van der Waals surface area contributed by atoms with E-state index in [0.717, 1.165) is 58.9 Å².